The molecule has 0 fully saturated rings. The SMILES string of the molecule is CC1(C)c2ccccc2Nc2cccc(-c3ccc(Br)cc3)c21. The standard InChI is InChI=1S/C21H18BrN/c1-21(2)17-7-3-4-8-18(17)23-19-9-5-6-16(20(19)21)14-10-12-15(22)13-11-14/h3-13,23H,1-2H3. The van der Waals surface area contributed by atoms with Crippen molar-refractivity contribution in [3.05, 3.63) is 82.3 Å². The Kier molecular flexibility index (Phi) is 3.31. The second-order valence-corrected chi connectivity index (χ2v) is 7.45. The Morgan fingerprint density at radius 1 is 0.783 bits per heavy atom. The molecule has 1 heterocycles. The third-order valence-corrected chi connectivity index (χ3v) is 5.24. The number of nitrogens with one attached hydrogen (secondary N) is 1. The molecule has 114 valence electrons. The fraction of sp³-hybridized carbons (Fsp3) is 0.143. The number of fused-ring (bicyclic) bond motifs is 2. The summed E-state index contributed by atoms with van der Waals surface area (Å²) in [7, 11) is 0. The number of hydrogen-bond acceptors (Lipinski definition) is 1. The van der Waals surface area contributed by atoms with E-state index in [1.54, 1.807) is 0 Å². The minimum atomic E-state index is -0.0408. The van der Waals surface area contributed by atoms with Gasteiger partial charge in [0.25, 0.3) is 0 Å². The van der Waals surface area contributed by atoms with Crippen molar-refractivity contribution in [3.63, 3.8) is 0 Å². The molecule has 0 saturated heterocycles. The number of anilines is 2. The molecule has 0 bridgehead atoms. The lowest BCUT2D eigenvalue weighted by Gasteiger charge is -2.37. The summed E-state index contributed by atoms with van der Waals surface area (Å²) in [4.78, 5) is 0. The number of hydrogen-bond donors (Lipinski definition) is 1. The Bertz CT molecular complexity index is 879. The molecule has 0 unspecified atom stereocenters. The summed E-state index contributed by atoms with van der Waals surface area (Å²) < 4.78 is 1.11. The van der Waals surface area contributed by atoms with Crippen molar-refractivity contribution in [2.24, 2.45) is 0 Å². The Morgan fingerprint density at radius 3 is 2.26 bits per heavy atom. The van der Waals surface area contributed by atoms with Crippen LogP contribution in [0.5, 0.6) is 0 Å². The highest BCUT2D eigenvalue weighted by Crippen LogP contribution is 2.48. The highest BCUT2D eigenvalue weighted by atomic mass is 79.9. The molecular weight excluding hydrogens is 346 g/mol. The van der Waals surface area contributed by atoms with Gasteiger partial charge in [-0.05, 0) is 46.5 Å². The topological polar surface area (TPSA) is 12.0 Å². The summed E-state index contributed by atoms with van der Waals surface area (Å²) >= 11 is 3.52. The van der Waals surface area contributed by atoms with Gasteiger partial charge in [0.1, 0.15) is 0 Å². The zero-order chi connectivity index (χ0) is 16.0. The lowest BCUT2D eigenvalue weighted by Crippen LogP contribution is -2.26. The van der Waals surface area contributed by atoms with Gasteiger partial charge in [0.15, 0.2) is 0 Å². The molecule has 0 aromatic heterocycles. The van der Waals surface area contributed by atoms with Crippen LogP contribution in [0.15, 0.2) is 71.2 Å². The van der Waals surface area contributed by atoms with Crippen LogP contribution in [0.4, 0.5) is 11.4 Å². The molecule has 1 N–H and O–H groups in total. The predicted octanol–water partition coefficient (Wildman–Crippen LogP) is 6.50. The van der Waals surface area contributed by atoms with Crippen LogP contribution < -0.4 is 5.32 Å². The fourth-order valence-electron chi connectivity index (χ4n) is 3.62. The van der Waals surface area contributed by atoms with Gasteiger partial charge < -0.3 is 5.32 Å². The van der Waals surface area contributed by atoms with E-state index in [9.17, 15) is 0 Å². The first-order valence-electron chi connectivity index (χ1n) is 7.83. The van der Waals surface area contributed by atoms with Gasteiger partial charge in [0, 0.05) is 21.3 Å². The highest BCUT2D eigenvalue weighted by Gasteiger charge is 2.34. The quantitative estimate of drug-likeness (QED) is 0.520. The Morgan fingerprint density at radius 2 is 1.48 bits per heavy atom. The van der Waals surface area contributed by atoms with E-state index in [1.807, 2.05) is 0 Å². The smallest absolute Gasteiger partial charge is 0.0432 e. The minimum Gasteiger partial charge on any atom is -0.355 e. The van der Waals surface area contributed by atoms with Crippen molar-refractivity contribution in [3.8, 4) is 11.1 Å². The second-order valence-electron chi connectivity index (χ2n) is 6.53. The summed E-state index contributed by atoms with van der Waals surface area (Å²) in [6.45, 7) is 4.63. The largest absolute Gasteiger partial charge is 0.355 e. The van der Waals surface area contributed by atoms with Crippen molar-refractivity contribution in [2.75, 3.05) is 5.32 Å². The third kappa shape index (κ3) is 2.29. The third-order valence-electron chi connectivity index (χ3n) is 4.71. The van der Waals surface area contributed by atoms with Crippen molar-refractivity contribution in [1.29, 1.82) is 0 Å². The first-order chi connectivity index (χ1) is 11.1. The summed E-state index contributed by atoms with van der Waals surface area (Å²) in [5.41, 5.74) is 7.62. The van der Waals surface area contributed by atoms with Crippen LogP contribution in [0.3, 0.4) is 0 Å². The van der Waals surface area contributed by atoms with Gasteiger partial charge in [0.05, 0.1) is 0 Å². The van der Waals surface area contributed by atoms with Crippen molar-refractivity contribution < 1.29 is 0 Å². The number of halogens is 1. The van der Waals surface area contributed by atoms with Crippen LogP contribution in [0.25, 0.3) is 11.1 Å². The molecule has 1 aliphatic rings. The summed E-state index contributed by atoms with van der Waals surface area (Å²) in [6, 6.07) is 23.7. The van der Waals surface area contributed by atoms with E-state index in [2.05, 4.69) is 102 Å². The van der Waals surface area contributed by atoms with Crippen LogP contribution in [-0.2, 0) is 5.41 Å². The maximum absolute atomic E-state index is 3.61. The zero-order valence-electron chi connectivity index (χ0n) is 13.2. The molecule has 3 aromatic carbocycles. The molecule has 0 amide bonds. The van der Waals surface area contributed by atoms with E-state index in [4.69, 9.17) is 0 Å². The van der Waals surface area contributed by atoms with Crippen LogP contribution in [0, 0.1) is 0 Å². The molecule has 0 saturated carbocycles. The van der Waals surface area contributed by atoms with Gasteiger partial charge >= 0.3 is 0 Å². The average Bonchev–Trinajstić information content (AvgIpc) is 2.55. The Balaban J connectivity index is 1.96. The number of rotatable bonds is 1. The minimum absolute atomic E-state index is 0.0408. The van der Waals surface area contributed by atoms with Gasteiger partial charge in [-0.3, -0.25) is 0 Å². The lowest BCUT2D eigenvalue weighted by atomic mass is 9.71. The van der Waals surface area contributed by atoms with Crippen LogP contribution in [0.1, 0.15) is 25.0 Å². The van der Waals surface area contributed by atoms with E-state index in [1.165, 1.54) is 33.6 Å². The van der Waals surface area contributed by atoms with Gasteiger partial charge in [-0.15, -0.1) is 0 Å². The van der Waals surface area contributed by atoms with Crippen molar-refractivity contribution in [2.45, 2.75) is 19.3 Å². The van der Waals surface area contributed by atoms with E-state index in [-0.39, 0.29) is 5.41 Å². The van der Waals surface area contributed by atoms with Crippen molar-refractivity contribution >= 4 is 27.3 Å². The summed E-state index contributed by atoms with van der Waals surface area (Å²) in [5.74, 6) is 0. The lowest BCUT2D eigenvalue weighted by molar-refractivity contribution is 0.640. The fourth-order valence-corrected chi connectivity index (χ4v) is 3.88. The molecule has 2 heteroatoms. The molecule has 1 nitrogen and oxygen atoms in total. The maximum Gasteiger partial charge on any atom is 0.0432 e. The number of para-hydroxylation sites is 1. The first-order valence-corrected chi connectivity index (χ1v) is 8.62. The Hall–Kier alpha value is -2.06. The molecule has 23 heavy (non-hydrogen) atoms. The predicted molar refractivity (Wildman–Crippen MR) is 101 cm³/mol. The first kappa shape index (κ1) is 14.5. The molecular formula is C21H18BrN. The molecule has 0 radical (unpaired) electrons. The second kappa shape index (κ2) is 5.24. The maximum atomic E-state index is 3.61. The van der Waals surface area contributed by atoms with E-state index >= 15 is 0 Å². The monoisotopic (exact) mass is 363 g/mol. The Labute approximate surface area is 145 Å². The molecule has 0 spiro atoms. The van der Waals surface area contributed by atoms with Crippen LogP contribution >= 0.6 is 15.9 Å². The van der Waals surface area contributed by atoms with Crippen LogP contribution in [0.2, 0.25) is 0 Å². The average molecular weight is 364 g/mol. The number of benzene rings is 3. The normalized spacial score (nSPS) is 14.6. The van der Waals surface area contributed by atoms with E-state index in [0.29, 0.717) is 0 Å². The van der Waals surface area contributed by atoms with E-state index in [0.717, 1.165) is 4.47 Å². The van der Waals surface area contributed by atoms with Gasteiger partial charge in [0.2, 0.25) is 0 Å². The van der Waals surface area contributed by atoms with Crippen molar-refractivity contribution in [1.82, 2.24) is 0 Å². The molecule has 1 aliphatic heterocycles. The van der Waals surface area contributed by atoms with E-state index < -0.39 is 0 Å². The molecule has 3 aromatic rings. The van der Waals surface area contributed by atoms with Gasteiger partial charge in [-0.1, -0.05) is 72.2 Å². The molecule has 4 rings (SSSR count). The van der Waals surface area contributed by atoms with Crippen LogP contribution in [-0.4, -0.2) is 0 Å². The summed E-state index contributed by atoms with van der Waals surface area (Å²) in [5, 5.41) is 3.61. The molecule has 0 atom stereocenters. The zero-order valence-corrected chi connectivity index (χ0v) is 14.8. The van der Waals surface area contributed by atoms with Gasteiger partial charge in [-0.25, -0.2) is 0 Å². The molecule has 0 aliphatic carbocycles. The highest BCUT2D eigenvalue weighted by molar-refractivity contribution is 9.10. The summed E-state index contributed by atoms with van der Waals surface area (Å²) in [6.07, 6.45) is 0. The van der Waals surface area contributed by atoms with Gasteiger partial charge in [-0.2, -0.15) is 0 Å².